The predicted octanol–water partition coefficient (Wildman–Crippen LogP) is 4.15. The smallest absolute Gasteiger partial charge is 0.295 e. The lowest BCUT2D eigenvalue weighted by molar-refractivity contribution is -0.384. The van der Waals surface area contributed by atoms with Crippen molar-refractivity contribution in [2.45, 2.75) is 62.7 Å². The van der Waals surface area contributed by atoms with E-state index in [0.717, 1.165) is 31.0 Å². The van der Waals surface area contributed by atoms with E-state index in [1.165, 1.54) is 55.0 Å². The molecule has 1 unspecified atom stereocenters. The molecule has 0 bridgehead atoms. The molecule has 10 heteroatoms. The number of hydrogen-bond donors (Lipinski definition) is 1. The van der Waals surface area contributed by atoms with E-state index in [2.05, 4.69) is 10.5 Å². The molecule has 0 amide bonds. The average molecular weight is 465 g/mol. The Bertz CT molecular complexity index is 953. The first-order chi connectivity index (χ1) is 15.5. The molecule has 9 nitrogen and oxygen atoms in total. The van der Waals surface area contributed by atoms with Gasteiger partial charge in [0, 0.05) is 30.8 Å². The maximum Gasteiger partial charge on any atom is 0.295 e. The Kier molecular flexibility index (Phi) is 7.42. The molecule has 176 valence electrons. The Morgan fingerprint density at radius 1 is 1.06 bits per heavy atom. The van der Waals surface area contributed by atoms with Crippen molar-refractivity contribution in [2.24, 2.45) is 16.9 Å². The first kappa shape index (κ1) is 23.1. The minimum atomic E-state index is -3.81. The van der Waals surface area contributed by atoms with Crippen LogP contribution in [0.25, 0.3) is 0 Å². The van der Waals surface area contributed by atoms with Gasteiger partial charge in [-0.05, 0) is 50.2 Å². The number of benzene rings is 1. The van der Waals surface area contributed by atoms with Gasteiger partial charge in [-0.2, -0.15) is 9.41 Å². The van der Waals surface area contributed by atoms with Crippen molar-refractivity contribution in [2.75, 3.05) is 31.7 Å². The standard InChI is InChI=1S/C22H32N4O5S/c27-26(28)22-16-18(32(29,30)25-12-14-31-15-13-25)10-11-21(22)24-23-20-9-5-4-8-19(20)17-6-2-1-3-7-17/h10-11,16-17,19,24H,1-9,12-15H2. The molecule has 1 N–H and O–H groups in total. The van der Waals surface area contributed by atoms with E-state index in [0.29, 0.717) is 25.0 Å². The van der Waals surface area contributed by atoms with Gasteiger partial charge >= 0.3 is 0 Å². The molecule has 0 radical (unpaired) electrons. The number of hydrogen-bond acceptors (Lipinski definition) is 7. The van der Waals surface area contributed by atoms with Crippen molar-refractivity contribution in [3.63, 3.8) is 0 Å². The maximum atomic E-state index is 12.9. The fourth-order valence-electron chi connectivity index (χ4n) is 5.19. The Morgan fingerprint density at radius 3 is 2.50 bits per heavy atom. The number of rotatable bonds is 6. The van der Waals surface area contributed by atoms with Crippen LogP contribution in [-0.2, 0) is 14.8 Å². The molecule has 1 aliphatic heterocycles. The van der Waals surface area contributed by atoms with Gasteiger partial charge in [0.15, 0.2) is 0 Å². The van der Waals surface area contributed by atoms with Gasteiger partial charge in [-0.3, -0.25) is 15.5 Å². The molecular weight excluding hydrogens is 432 g/mol. The van der Waals surface area contributed by atoms with E-state index in [9.17, 15) is 18.5 Å². The second-order valence-electron chi connectivity index (χ2n) is 8.92. The molecule has 2 aliphatic carbocycles. The third-order valence-corrected chi connectivity index (χ3v) is 8.83. The van der Waals surface area contributed by atoms with Crippen molar-refractivity contribution in [1.29, 1.82) is 0 Å². The fraction of sp³-hybridized carbons (Fsp3) is 0.682. The van der Waals surface area contributed by atoms with Crippen LogP contribution in [0, 0.1) is 22.0 Å². The Morgan fingerprint density at radius 2 is 1.78 bits per heavy atom. The third kappa shape index (κ3) is 5.13. The van der Waals surface area contributed by atoms with Gasteiger partial charge in [0.1, 0.15) is 5.69 Å². The van der Waals surface area contributed by atoms with Crippen LogP contribution in [0.3, 0.4) is 0 Å². The molecule has 3 aliphatic rings. The van der Waals surface area contributed by atoms with Crippen LogP contribution in [0.1, 0.15) is 57.8 Å². The highest BCUT2D eigenvalue weighted by molar-refractivity contribution is 7.89. The molecule has 1 saturated heterocycles. The van der Waals surface area contributed by atoms with Crippen LogP contribution in [0.15, 0.2) is 28.2 Å². The largest absolute Gasteiger partial charge is 0.379 e. The summed E-state index contributed by atoms with van der Waals surface area (Å²) >= 11 is 0. The van der Waals surface area contributed by atoms with Crippen molar-refractivity contribution in [3.8, 4) is 0 Å². The van der Waals surface area contributed by atoms with Crippen molar-refractivity contribution in [1.82, 2.24) is 4.31 Å². The number of nitro benzene ring substituents is 1. The maximum absolute atomic E-state index is 12.9. The number of nitrogens with zero attached hydrogens (tertiary/aromatic N) is 3. The highest BCUT2D eigenvalue weighted by Gasteiger charge is 2.31. The number of sulfonamides is 1. The first-order valence-corrected chi connectivity index (χ1v) is 13.1. The average Bonchev–Trinajstić information content (AvgIpc) is 2.84. The second-order valence-corrected chi connectivity index (χ2v) is 10.9. The monoisotopic (exact) mass is 464 g/mol. The lowest BCUT2D eigenvalue weighted by atomic mass is 9.72. The lowest BCUT2D eigenvalue weighted by Crippen LogP contribution is -2.40. The van der Waals surface area contributed by atoms with Crippen LogP contribution in [0.4, 0.5) is 11.4 Å². The Hall–Kier alpha value is -2.04. The molecule has 4 rings (SSSR count). The number of nitro groups is 1. The van der Waals surface area contributed by atoms with E-state index in [-0.39, 0.29) is 29.4 Å². The zero-order valence-corrected chi connectivity index (χ0v) is 19.2. The molecule has 1 aromatic rings. The molecule has 32 heavy (non-hydrogen) atoms. The Balaban J connectivity index is 1.56. The summed E-state index contributed by atoms with van der Waals surface area (Å²) in [5, 5.41) is 16.3. The fourth-order valence-corrected chi connectivity index (χ4v) is 6.62. The van der Waals surface area contributed by atoms with E-state index in [1.54, 1.807) is 0 Å². The summed E-state index contributed by atoms with van der Waals surface area (Å²) in [4.78, 5) is 11.1. The number of hydrazone groups is 1. The SMILES string of the molecule is O=[N+]([O-])c1cc(S(=O)(=O)N2CCOCC2)ccc1NN=C1CCCCC1C1CCCCC1. The van der Waals surface area contributed by atoms with Gasteiger partial charge in [-0.15, -0.1) is 0 Å². The van der Waals surface area contributed by atoms with Crippen LogP contribution >= 0.6 is 0 Å². The highest BCUT2D eigenvalue weighted by atomic mass is 32.2. The van der Waals surface area contributed by atoms with Crippen LogP contribution < -0.4 is 5.43 Å². The quantitative estimate of drug-likeness (QED) is 0.500. The summed E-state index contributed by atoms with van der Waals surface area (Å²) in [7, 11) is -3.81. The van der Waals surface area contributed by atoms with Gasteiger partial charge in [-0.25, -0.2) is 8.42 Å². The van der Waals surface area contributed by atoms with Crippen molar-refractivity contribution < 1.29 is 18.1 Å². The topological polar surface area (TPSA) is 114 Å². The summed E-state index contributed by atoms with van der Waals surface area (Å²) in [5.41, 5.74) is 3.94. The normalized spacial score (nSPS) is 25.0. The molecular formula is C22H32N4O5S. The number of ether oxygens (including phenoxy) is 1. The molecule has 0 spiro atoms. The summed E-state index contributed by atoms with van der Waals surface area (Å²) in [6, 6.07) is 4.00. The van der Waals surface area contributed by atoms with Gasteiger partial charge < -0.3 is 4.74 Å². The van der Waals surface area contributed by atoms with Crippen molar-refractivity contribution >= 4 is 27.1 Å². The van der Waals surface area contributed by atoms with Crippen LogP contribution in [-0.4, -0.2) is 49.7 Å². The first-order valence-electron chi connectivity index (χ1n) is 11.7. The van der Waals surface area contributed by atoms with Gasteiger partial charge in [0.2, 0.25) is 10.0 Å². The molecule has 1 aromatic carbocycles. The summed E-state index contributed by atoms with van der Waals surface area (Å²) in [6.07, 6.45) is 10.6. The Labute approximate surface area is 189 Å². The molecule has 1 atom stereocenters. The zero-order valence-electron chi connectivity index (χ0n) is 18.4. The molecule has 1 heterocycles. The molecule has 3 fully saturated rings. The van der Waals surface area contributed by atoms with Crippen LogP contribution in [0.2, 0.25) is 0 Å². The summed E-state index contributed by atoms with van der Waals surface area (Å²) < 4.78 is 32.3. The summed E-state index contributed by atoms with van der Waals surface area (Å²) in [6.45, 7) is 1.12. The zero-order chi connectivity index (χ0) is 22.6. The minimum absolute atomic E-state index is 0.0814. The number of anilines is 1. The van der Waals surface area contributed by atoms with Gasteiger partial charge in [0.05, 0.1) is 23.0 Å². The van der Waals surface area contributed by atoms with E-state index in [1.807, 2.05) is 0 Å². The second kappa shape index (κ2) is 10.3. The predicted molar refractivity (Wildman–Crippen MR) is 122 cm³/mol. The summed E-state index contributed by atoms with van der Waals surface area (Å²) in [5.74, 6) is 1.09. The van der Waals surface area contributed by atoms with E-state index in [4.69, 9.17) is 4.74 Å². The van der Waals surface area contributed by atoms with Crippen molar-refractivity contribution in [3.05, 3.63) is 28.3 Å². The minimum Gasteiger partial charge on any atom is -0.379 e. The molecule has 0 aromatic heterocycles. The number of nitrogens with one attached hydrogen (secondary N) is 1. The van der Waals surface area contributed by atoms with Gasteiger partial charge in [-0.1, -0.05) is 25.7 Å². The number of morpholine rings is 1. The lowest BCUT2D eigenvalue weighted by Gasteiger charge is -2.34. The highest BCUT2D eigenvalue weighted by Crippen LogP contribution is 2.37. The molecule has 2 saturated carbocycles. The van der Waals surface area contributed by atoms with Crippen LogP contribution in [0.5, 0.6) is 0 Å². The van der Waals surface area contributed by atoms with E-state index < -0.39 is 14.9 Å². The van der Waals surface area contributed by atoms with E-state index >= 15 is 0 Å². The third-order valence-electron chi connectivity index (χ3n) is 6.94. The van der Waals surface area contributed by atoms with Gasteiger partial charge in [0.25, 0.3) is 5.69 Å².